The van der Waals surface area contributed by atoms with Gasteiger partial charge in [0.05, 0.1) is 12.7 Å². The van der Waals surface area contributed by atoms with Crippen molar-refractivity contribution in [1.29, 1.82) is 0 Å². The van der Waals surface area contributed by atoms with Gasteiger partial charge in [-0.2, -0.15) is 0 Å². The summed E-state index contributed by atoms with van der Waals surface area (Å²) in [7, 11) is 1.44. The summed E-state index contributed by atoms with van der Waals surface area (Å²) in [6.45, 7) is 0. The largest absolute Gasteiger partial charge is 0.504 e. The van der Waals surface area contributed by atoms with Crippen LogP contribution in [0.25, 0.3) is 0 Å². The molecule has 1 aliphatic rings. The normalized spacial score (nSPS) is 15.4. The number of aromatic nitrogens is 2. The summed E-state index contributed by atoms with van der Waals surface area (Å²) < 4.78 is 18.1. The summed E-state index contributed by atoms with van der Waals surface area (Å²) in [5.41, 5.74) is 1.47. The van der Waals surface area contributed by atoms with Crippen molar-refractivity contribution >= 4 is 23.5 Å². The highest BCUT2D eigenvalue weighted by molar-refractivity contribution is 7.98. The number of carbonyl (C=O) groups excluding carboxylic acids is 1. The Balaban J connectivity index is 1.65. The minimum atomic E-state index is -0.544. The Labute approximate surface area is 175 Å². The summed E-state index contributed by atoms with van der Waals surface area (Å²) in [6, 6.07) is 10.8. The van der Waals surface area contributed by atoms with E-state index in [1.807, 2.05) is 0 Å². The van der Waals surface area contributed by atoms with Crippen LogP contribution in [-0.2, 0) is 10.5 Å². The molecule has 0 aliphatic carbocycles. The van der Waals surface area contributed by atoms with Crippen LogP contribution in [0.15, 0.2) is 52.4 Å². The molecule has 0 bridgehead atoms. The first kappa shape index (κ1) is 20.0. The monoisotopic (exact) mass is 427 g/mol. The van der Waals surface area contributed by atoms with E-state index in [-0.39, 0.29) is 35.3 Å². The minimum absolute atomic E-state index is 0.0611. The van der Waals surface area contributed by atoms with Gasteiger partial charge in [0.25, 0.3) is 5.56 Å². The van der Waals surface area contributed by atoms with E-state index in [1.165, 1.54) is 37.1 Å². The lowest BCUT2D eigenvalue weighted by atomic mass is 9.86. The summed E-state index contributed by atoms with van der Waals surface area (Å²) in [5.74, 6) is -0.212. The van der Waals surface area contributed by atoms with Gasteiger partial charge >= 0.3 is 0 Å². The van der Waals surface area contributed by atoms with Crippen LogP contribution in [0, 0.1) is 5.82 Å². The van der Waals surface area contributed by atoms with Crippen LogP contribution < -0.4 is 15.6 Å². The molecule has 1 amide bonds. The van der Waals surface area contributed by atoms with Crippen LogP contribution in [-0.4, -0.2) is 28.1 Å². The van der Waals surface area contributed by atoms with E-state index < -0.39 is 5.92 Å². The fraction of sp³-hybridized carbons (Fsp3) is 0.190. The van der Waals surface area contributed by atoms with Gasteiger partial charge < -0.3 is 20.1 Å². The highest BCUT2D eigenvalue weighted by atomic mass is 32.2. The molecule has 0 saturated heterocycles. The molecule has 1 atom stereocenters. The number of nitrogens with zero attached hydrogens (tertiary/aromatic N) is 1. The third kappa shape index (κ3) is 4.02. The van der Waals surface area contributed by atoms with Crippen LogP contribution in [0.1, 0.15) is 29.0 Å². The minimum Gasteiger partial charge on any atom is -0.504 e. The Morgan fingerprint density at radius 2 is 2.00 bits per heavy atom. The molecule has 4 rings (SSSR count). The molecule has 9 heteroatoms. The van der Waals surface area contributed by atoms with Crippen molar-refractivity contribution in [2.45, 2.75) is 23.2 Å². The maximum Gasteiger partial charge on any atom is 0.257 e. The van der Waals surface area contributed by atoms with Gasteiger partial charge in [0.15, 0.2) is 16.7 Å². The average Bonchev–Trinajstić information content (AvgIpc) is 2.72. The van der Waals surface area contributed by atoms with Crippen LogP contribution >= 0.6 is 11.8 Å². The molecule has 0 spiro atoms. The predicted molar refractivity (Wildman–Crippen MR) is 111 cm³/mol. The number of phenols is 1. The highest BCUT2D eigenvalue weighted by Gasteiger charge is 2.31. The van der Waals surface area contributed by atoms with Crippen molar-refractivity contribution in [3.63, 3.8) is 0 Å². The molecule has 0 unspecified atom stereocenters. The number of H-pyrrole nitrogens is 1. The Morgan fingerprint density at radius 3 is 2.70 bits per heavy atom. The van der Waals surface area contributed by atoms with Crippen molar-refractivity contribution < 1.29 is 19.0 Å². The first-order valence-corrected chi connectivity index (χ1v) is 10.1. The number of fused-ring (bicyclic) bond motifs is 1. The number of methoxy groups -OCH3 is 1. The van der Waals surface area contributed by atoms with E-state index in [0.717, 1.165) is 5.56 Å². The second-order valence-corrected chi connectivity index (χ2v) is 7.75. The van der Waals surface area contributed by atoms with Crippen molar-refractivity contribution in [3.05, 3.63) is 75.3 Å². The number of carbonyl (C=O) groups is 1. The molecule has 3 aromatic rings. The molecule has 3 N–H and O–H groups in total. The zero-order chi connectivity index (χ0) is 21.3. The maximum atomic E-state index is 13.0. The molecule has 2 heterocycles. The first-order valence-electron chi connectivity index (χ1n) is 9.13. The van der Waals surface area contributed by atoms with E-state index in [9.17, 15) is 19.1 Å². The second kappa shape index (κ2) is 8.19. The van der Waals surface area contributed by atoms with Gasteiger partial charge in [-0.25, -0.2) is 9.37 Å². The molecule has 0 saturated carbocycles. The number of amides is 1. The highest BCUT2D eigenvalue weighted by Crippen LogP contribution is 2.38. The number of aromatic hydroxyl groups is 1. The smallest absolute Gasteiger partial charge is 0.257 e. The van der Waals surface area contributed by atoms with Crippen LogP contribution in [0.5, 0.6) is 11.5 Å². The molecule has 1 aromatic heterocycles. The number of halogens is 1. The molecule has 154 valence electrons. The summed E-state index contributed by atoms with van der Waals surface area (Å²) >= 11 is 1.28. The summed E-state index contributed by atoms with van der Waals surface area (Å²) in [5, 5.41) is 13.1. The van der Waals surface area contributed by atoms with E-state index in [1.54, 1.807) is 24.3 Å². The molecule has 30 heavy (non-hydrogen) atoms. The van der Waals surface area contributed by atoms with Gasteiger partial charge in [-0.1, -0.05) is 30.0 Å². The molecule has 1 aliphatic heterocycles. The predicted octanol–water partition coefficient (Wildman–Crippen LogP) is 3.39. The maximum absolute atomic E-state index is 13.0. The Morgan fingerprint density at radius 1 is 1.23 bits per heavy atom. The van der Waals surface area contributed by atoms with Crippen molar-refractivity contribution in [2.75, 3.05) is 12.4 Å². The standard InChI is InChI=1S/C21H18FN3O4S/c1-29-16-7-4-12(8-15(16)26)14-9-17(27)23-19-18(14)20(28)25-21(24-19)30-10-11-2-5-13(22)6-3-11/h2-8,14,26H,9-10H2,1H3,(H2,23,24,25,27,28)/t14-/m1/s1. The summed E-state index contributed by atoms with van der Waals surface area (Å²) in [6.07, 6.45) is 0.0611. The number of phenolic OH excluding ortho intramolecular Hbond substituents is 1. The molecular formula is C21H18FN3O4S. The van der Waals surface area contributed by atoms with Crippen LogP contribution in [0.3, 0.4) is 0 Å². The van der Waals surface area contributed by atoms with Gasteiger partial charge in [0.2, 0.25) is 5.91 Å². The summed E-state index contributed by atoms with van der Waals surface area (Å²) in [4.78, 5) is 32.3. The van der Waals surface area contributed by atoms with Crippen molar-refractivity contribution in [2.24, 2.45) is 0 Å². The average molecular weight is 427 g/mol. The zero-order valence-electron chi connectivity index (χ0n) is 15.9. The molecule has 0 fully saturated rings. The van der Waals surface area contributed by atoms with Crippen molar-refractivity contribution in [1.82, 2.24) is 9.97 Å². The molecule has 7 nitrogen and oxygen atoms in total. The third-order valence-electron chi connectivity index (χ3n) is 4.82. The number of hydrogen-bond acceptors (Lipinski definition) is 6. The zero-order valence-corrected chi connectivity index (χ0v) is 16.8. The number of thioether (sulfide) groups is 1. The Bertz CT molecular complexity index is 1160. The fourth-order valence-corrected chi connectivity index (χ4v) is 4.18. The number of anilines is 1. The van der Waals surface area contributed by atoms with Crippen molar-refractivity contribution in [3.8, 4) is 11.5 Å². The fourth-order valence-electron chi connectivity index (χ4n) is 3.36. The molecule has 2 aromatic carbocycles. The van der Waals surface area contributed by atoms with Gasteiger partial charge in [-0.05, 0) is 35.4 Å². The van der Waals surface area contributed by atoms with Crippen LogP contribution in [0.4, 0.5) is 10.2 Å². The van der Waals surface area contributed by atoms with E-state index in [4.69, 9.17) is 4.74 Å². The number of rotatable bonds is 5. The molecule has 0 radical (unpaired) electrons. The van der Waals surface area contributed by atoms with E-state index >= 15 is 0 Å². The Hall–Kier alpha value is -3.33. The second-order valence-electron chi connectivity index (χ2n) is 6.78. The number of hydrogen-bond donors (Lipinski definition) is 3. The SMILES string of the molecule is COc1ccc([C@H]2CC(=O)Nc3nc(SCc4ccc(F)cc4)[nH]c(=O)c32)cc1O. The quantitative estimate of drug-likeness (QED) is 0.426. The lowest BCUT2D eigenvalue weighted by Crippen LogP contribution is -2.31. The van der Waals surface area contributed by atoms with Gasteiger partial charge in [0, 0.05) is 18.1 Å². The Kier molecular flexibility index (Phi) is 5.45. The topological polar surface area (TPSA) is 104 Å². The van der Waals surface area contributed by atoms with Gasteiger partial charge in [-0.15, -0.1) is 0 Å². The number of benzene rings is 2. The third-order valence-corrected chi connectivity index (χ3v) is 5.77. The lowest BCUT2D eigenvalue weighted by Gasteiger charge is -2.24. The van der Waals surface area contributed by atoms with Gasteiger partial charge in [0.1, 0.15) is 11.6 Å². The number of aromatic amines is 1. The number of ether oxygens (including phenoxy) is 1. The van der Waals surface area contributed by atoms with E-state index in [2.05, 4.69) is 15.3 Å². The van der Waals surface area contributed by atoms with Gasteiger partial charge in [-0.3, -0.25) is 9.59 Å². The van der Waals surface area contributed by atoms with E-state index in [0.29, 0.717) is 27.8 Å². The lowest BCUT2D eigenvalue weighted by molar-refractivity contribution is -0.116. The first-order chi connectivity index (χ1) is 14.4. The molecular weight excluding hydrogens is 409 g/mol. The van der Waals surface area contributed by atoms with Crippen LogP contribution in [0.2, 0.25) is 0 Å². The number of nitrogens with one attached hydrogen (secondary N) is 2.